The molecule has 0 saturated carbocycles. The maximum atomic E-state index is 12.2. The van der Waals surface area contributed by atoms with Crippen LogP contribution in [0.5, 0.6) is 11.5 Å². The molecule has 5 heteroatoms. The van der Waals surface area contributed by atoms with Crippen molar-refractivity contribution in [3.63, 3.8) is 0 Å². The molecular weight excluding hydrogens is 244 g/mol. The number of nitrogens with zero attached hydrogens (tertiary/aromatic N) is 2. The molecule has 5 nitrogen and oxygen atoms in total. The minimum Gasteiger partial charge on any atom is -0.493 e. The lowest BCUT2D eigenvalue weighted by molar-refractivity contribution is 0.0786. The van der Waals surface area contributed by atoms with E-state index >= 15 is 0 Å². The van der Waals surface area contributed by atoms with E-state index in [1.54, 1.807) is 44.4 Å². The molecule has 0 heterocycles. The molecule has 0 fully saturated rings. The summed E-state index contributed by atoms with van der Waals surface area (Å²) < 4.78 is 10.4. The lowest BCUT2D eigenvalue weighted by atomic mass is 10.1. The molecule has 0 N–H and O–H groups in total. The lowest BCUT2D eigenvalue weighted by Crippen LogP contribution is -2.33. The minimum absolute atomic E-state index is 0.0252. The van der Waals surface area contributed by atoms with Crippen molar-refractivity contribution < 1.29 is 14.3 Å². The molecule has 19 heavy (non-hydrogen) atoms. The van der Waals surface area contributed by atoms with E-state index in [-0.39, 0.29) is 5.91 Å². The molecule has 0 aliphatic carbocycles. The van der Waals surface area contributed by atoms with Crippen molar-refractivity contribution in [2.24, 2.45) is 0 Å². The summed E-state index contributed by atoms with van der Waals surface area (Å²) in [6.07, 6.45) is 0. The quantitative estimate of drug-likeness (QED) is 0.779. The van der Waals surface area contributed by atoms with Gasteiger partial charge in [0, 0.05) is 25.7 Å². The van der Waals surface area contributed by atoms with Crippen LogP contribution in [0.1, 0.15) is 10.4 Å². The monoisotopic (exact) mass is 266 g/mol. The van der Waals surface area contributed by atoms with Gasteiger partial charge in [-0.1, -0.05) is 0 Å². The van der Waals surface area contributed by atoms with Crippen molar-refractivity contribution in [1.29, 1.82) is 0 Å². The number of likely N-dealkylation sites (N-methyl/N-ethyl adjacent to an activating group) is 2. The van der Waals surface area contributed by atoms with Gasteiger partial charge in [-0.2, -0.15) is 0 Å². The molecule has 0 aromatic heterocycles. The first-order valence-electron chi connectivity index (χ1n) is 6.11. The molecule has 0 saturated heterocycles. The third-order valence-electron chi connectivity index (χ3n) is 2.86. The van der Waals surface area contributed by atoms with Crippen LogP contribution >= 0.6 is 0 Å². The number of amides is 1. The Labute approximate surface area is 114 Å². The van der Waals surface area contributed by atoms with Crippen LogP contribution < -0.4 is 9.47 Å². The van der Waals surface area contributed by atoms with Gasteiger partial charge in [-0.3, -0.25) is 4.79 Å². The molecule has 1 amide bonds. The zero-order valence-corrected chi connectivity index (χ0v) is 12.3. The van der Waals surface area contributed by atoms with E-state index in [0.717, 1.165) is 6.54 Å². The Balaban J connectivity index is 2.81. The van der Waals surface area contributed by atoms with Crippen molar-refractivity contribution in [3.05, 3.63) is 23.8 Å². The second-order valence-corrected chi connectivity index (χ2v) is 4.60. The Morgan fingerprint density at radius 3 is 2.21 bits per heavy atom. The number of carbonyl (C=O) groups is 1. The summed E-state index contributed by atoms with van der Waals surface area (Å²) >= 11 is 0. The molecule has 1 aromatic rings. The molecule has 0 atom stereocenters. The third kappa shape index (κ3) is 4.13. The van der Waals surface area contributed by atoms with Crippen LogP contribution in [0.3, 0.4) is 0 Å². The highest BCUT2D eigenvalue weighted by Gasteiger charge is 2.14. The molecule has 0 aliphatic heterocycles. The van der Waals surface area contributed by atoms with Gasteiger partial charge < -0.3 is 19.3 Å². The Kier molecular flexibility index (Phi) is 5.63. The summed E-state index contributed by atoms with van der Waals surface area (Å²) in [6, 6.07) is 5.19. The molecule has 1 aromatic carbocycles. The maximum absolute atomic E-state index is 12.2. The normalized spacial score (nSPS) is 10.4. The van der Waals surface area contributed by atoms with Gasteiger partial charge in [0.25, 0.3) is 5.91 Å². The van der Waals surface area contributed by atoms with E-state index in [4.69, 9.17) is 9.47 Å². The number of rotatable bonds is 6. The molecule has 0 aliphatic rings. The van der Waals surface area contributed by atoms with Gasteiger partial charge in [0.2, 0.25) is 0 Å². The predicted octanol–water partition coefficient (Wildman–Crippen LogP) is 1.34. The summed E-state index contributed by atoms with van der Waals surface area (Å²) in [5.74, 6) is 1.16. The van der Waals surface area contributed by atoms with Crippen LogP contribution in [0.15, 0.2) is 18.2 Å². The topological polar surface area (TPSA) is 42.0 Å². The maximum Gasteiger partial charge on any atom is 0.253 e. The van der Waals surface area contributed by atoms with Crippen molar-refractivity contribution >= 4 is 5.91 Å². The predicted molar refractivity (Wildman–Crippen MR) is 75.1 cm³/mol. The Morgan fingerprint density at radius 1 is 1.05 bits per heavy atom. The van der Waals surface area contributed by atoms with Gasteiger partial charge in [0.1, 0.15) is 0 Å². The number of ether oxygens (including phenoxy) is 2. The van der Waals surface area contributed by atoms with Gasteiger partial charge in [-0.25, -0.2) is 0 Å². The number of carbonyl (C=O) groups excluding carboxylic acids is 1. The van der Waals surface area contributed by atoms with Gasteiger partial charge in [0.15, 0.2) is 11.5 Å². The van der Waals surface area contributed by atoms with E-state index < -0.39 is 0 Å². The second kappa shape index (κ2) is 6.99. The van der Waals surface area contributed by atoms with E-state index in [1.807, 2.05) is 19.0 Å². The minimum atomic E-state index is -0.0252. The van der Waals surface area contributed by atoms with Gasteiger partial charge in [-0.05, 0) is 32.3 Å². The number of hydrogen-bond acceptors (Lipinski definition) is 4. The highest BCUT2D eigenvalue weighted by molar-refractivity contribution is 5.94. The van der Waals surface area contributed by atoms with Gasteiger partial charge in [0.05, 0.1) is 14.2 Å². The van der Waals surface area contributed by atoms with Crippen molar-refractivity contribution in [2.45, 2.75) is 0 Å². The summed E-state index contributed by atoms with van der Waals surface area (Å²) in [7, 11) is 8.89. The largest absolute Gasteiger partial charge is 0.493 e. The molecule has 0 spiro atoms. The van der Waals surface area contributed by atoms with Crippen molar-refractivity contribution in [1.82, 2.24) is 9.80 Å². The average Bonchev–Trinajstić information content (AvgIpc) is 2.42. The number of benzene rings is 1. The molecular formula is C14H22N2O3. The molecule has 0 bridgehead atoms. The standard InChI is InChI=1S/C14H22N2O3/c1-15(2)8-9-16(3)14(17)11-6-7-12(18-4)13(10-11)19-5/h6-7,10H,8-9H2,1-5H3. The summed E-state index contributed by atoms with van der Waals surface area (Å²) in [5, 5.41) is 0. The molecule has 0 radical (unpaired) electrons. The first kappa shape index (κ1) is 15.3. The SMILES string of the molecule is COc1ccc(C(=O)N(C)CCN(C)C)cc1OC. The van der Waals surface area contributed by atoms with Crippen LogP contribution in [0.2, 0.25) is 0 Å². The Morgan fingerprint density at radius 2 is 1.68 bits per heavy atom. The first-order chi connectivity index (χ1) is 8.99. The van der Waals surface area contributed by atoms with Crippen LogP contribution in [-0.2, 0) is 0 Å². The summed E-state index contributed by atoms with van der Waals surface area (Å²) in [6.45, 7) is 1.51. The smallest absolute Gasteiger partial charge is 0.253 e. The fourth-order valence-electron chi connectivity index (χ4n) is 1.64. The first-order valence-corrected chi connectivity index (χ1v) is 6.11. The highest BCUT2D eigenvalue weighted by Crippen LogP contribution is 2.27. The zero-order valence-electron chi connectivity index (χ0n) is 12.3. The number of methoxy groups -OCH3 is 2. The van der Waals surface area contributed by atoms with E-state index in [1.165, 1.54) is 0 Å². The van der Waals surface area contributed by atoms with Crippen LogP contribution in [0, 0.1) is 0 Å². The van der Waals surface area contributed by atoms with E-state index in [9.17, 15) is 4.79 Å². The fraction of sp³-hybridized carbons (Fsp3) is 0.500. The Hall–Kier alpha value is -1.75. The van der Waals surface area contributed by atoms with Crippen molar-refractivity contribution in [3.8, 4) is 11.5 Å². The van der Waals surface area contributed by atoms with Crippen LogP contribution in [0.25, 0.3) is 0 Å². The summed E-state index contributed by atoms with van der Waals surface area (Å²) in [4.78, 5) is 16.0. The molecule has 1 rings (SSSR count). The van der Waals surface area contributed by atoms with E-state index in [2.05, 4.69) is 0 Å². The molecule has 0 unspecified atom stereocenters. The van der Waals surface area contributed by atoms with Crippen molar-refractivity contribution in [2.75, 3.05) is 48.5 Å². The third-order valence-corrected chi connectivity index (χ3v) is 2.86. The Bertz CT molecular complexity index is 433. The fourth-order valence-corrected chi connectivity index (χ4v) is 1.64. The number of hydrogen-bond donors (Lipinski definition) is 0. The lowest BCUT2D eigenvalue weighted by Gasteiger charge is -2.20. The van der Waals surface area contributed by atoms with Crippen LogP contribution in [0.4, 0.5) is 0 Å². The summed E-state index contributed by atoms with van der Waals surface area (Å²) in [5.41, 5.74) is 0.596. The average molecular weight is 266 g/mol. The molecule has 106 valence electrons. The van der Waals surface area contributed by atoms with E-state index in [0.29, 0.717) is 23.6 Å². The highest BCUT2D eigenvalue weighted by atomic mass is 16.5. The van der Waals surface area contributed by atoms with Gasteiger partial charge >= 0.3 is 0 Å². The zero-order chi connectivity index (χ0) is 14.4. The second-order valence-electron chi connectivity index (χ2n) is 4.60. The van der Waals surface area contributed by atoms with Gasteiger partial charge in [-0.15, -0.1) is 0 Å². The van der Waals surface area contributed by atoms with Crippen LogP contribution in [-0.4, -0.2) is 64.2 Å².